The molecule has 0 fully saturated rings. The normalized spacial score (nSPS) is 10.1. The van der Waals surface area contributed by atoms with E-state index in [4.69, 9.17) is 10.5 Å². The van der Waals surface area contributed by atoms with E-state index < -0.39 is 0 Å². The molecule has 1 aromatic heterocycles. The van der Waals surface area contributed by atoms with Gasteiger partial charge in [-0.15, -0.1) is 0 Å². The summed E-state index contributed by atoms with van der Waals surface area (Å²) in [5.74, 6) is 1.25. The van der Waals surface area contributed by atoms with E-state index in [0.29, 0.717) is 5.75 Å². The molecule has 0 radical (unpaired) electrons. The molecule has 112 valence electrons. The van der Waals surface area contributed by atoms with Crippen molar-refractivity contribution in [3.8, 4) is 12.1 Å². The van der Waals surface area contributed by atoms with Crippen molar-refractivity contribution < 1.29 is 4.79 Å². The van der Waals surface area contributed by atoms with Gasteiger partial charge in [0.05, 0.1) is 28.9 Å². The van der Waals surface area contributed by atoms with Gasteiger partial charge in [-0.2, -0.15) is 22.3 Å². The van der Waals surface area contributed by atoms with Gasteiger partial charge in [-0.3, -0.25) is 4.79 Å². The molecule has 22 heavy (non-hydrogen) atoms. The van der Waals surface area contributed by atoms with Gasteiger partial charge in [-0.1, -0.05) is 12.1 Å². The molecule has 1 heterocycles. The van der Waals surface area contributed by atoms with Gasteiger partial charge in [-0.25, -0.2) is 4.98 Å². The summed E-state index contributed by atoms with van der Waals surface area (Å²) in [6.45, 7) is -0.0897. The van der Waals surface area contributed by atoms with Crippen molar-refractivity contribution in [2.24, 2.45) is 0 Å². The Bertz CT molecular complexity index is 739. The van der Waals surface area contributed by atoms with Gasteiger partial charge in [0.1, 0.15) is 25.5 Å². The van der Waals surface area contributed by atoms with Gasteiger partial charge >= 0.3 is 0 Å². The molecule has 2 rings (SSSR count). The number of hydrogen-bond acceptors (Lipinski definition) is 5. The lowest BCUT2D eigenvalue weighted by Gasteiger charge is -2.17. The van der Waals surface area contributed by atoms with Crippen molar-refractivity contribution in [2.45, 2.75) is 12.3 Å². The standard InChI is InChI=1S/C15H15N5OS/c1-22-11-14-18-12-4-2-3-5-13(12)20(14)10-15(21)19(8-6-16)9-7-17/h2-5H,8-11H2,1H3. The third-order valence-corrected chi connectivity index (χ3v) is 3.72. The number of rotatable bonds is 6. The average molecular weight is 313 g/mol. The van der Waals surface area contributed by atoms with E-state index in [1.165, 1.54) is 4.90 Å². The van der Waals surface area contributed by atoms with E-state index in [1.807, 2.05) is 47.2 Å². The van der Waals surface area contributed by atoms with Crippen LogP contribution in [0.15, 0.2) is 24.3 Å². The number of benzene rings is 1. The number of thioether (sulfide) groups is 1. The minimum Gasteiger partial charge on any atom is -0.318 e. The van der Waals surface area contributed by atoms with Gasteiger partial charge < -0.3 is 9.47 Å². The van der Waals surface area contributed by atoms with Crippen LogP contribution in [0.5, 0.6) is 0 Å². The van der Waals surface area contributed by atoms with Gasteiger partial charge in [0, 0.05) is 0 Å². The molecule has 6 nitrogen and oxygen atoms in total. The summed E-state index contributed by atoms with van der Waals surface area (Å²) >= 11 is 1.63. The predicted molar refractivity (Wildman–Crippen MR) is 84.8 cm³/mol. The number of amides is 1. The Morgan fingerprint density at radius 1 is 1.32 bits per heavy atom. The minimum atomic E-state index is -0.256. The van der Waals surface area contributed by atoms with Crippen LogP contribution in [0, 0.1) is 22.7 Å². The highest BCUT2D eigenvalue weighted by Gasteiger charge is 2.17. The number of imidazole rings is 1. The highest BCUT2D eigenvalue weighted by molar-refractivity contribution is 7.97. The monoisotopic (exact) mass is 313 g/mol. The summed E-state index contributed by atoms with van der Waals surface area (Å²) in [6.07, 6.45) is 1.98. The van der Waals surface area contributed by atoms with E-state index in [-0.39, 0.29) is 25.5 Å². The lowest BCUT2D eigenvalue weighted by molar-refractivity contribution is -0.130. The average Bonchev–Trinajstić information content (AvgIpc) is 2.85. The maximum atomic E-state index is 12.4. The van der Waals surface area contributed by atoms with Crippen LogP contribution in [-0.4, -0.2) is 39.7 Å². The first kappa shape index (κ1) is 15.9. The molecule has 0 saturated carbocycles. The zero-order valence-electron chi connectivity index (χ0n) is 12.2. The fraction of sp³-hybridized carbons (Fsp3) is 0.333. The van der Waals surface area contributed by atoms with Crippen LogP contribution in [0.2, 0.25) is 0 Å². The van der Waals surface area contributed by atoms with E-state index in [9.17, 15) is 4.79 Å². The van der Waals surface area contributed by atoms with Crippen molar-refractivity contribution >= 4 is 28.7 Å². The Morgan fingerprint density at radius 3 is 2.64 bits per heavy atom. The van der Waals surface area contributed by atoms with E-state index >= 15 is 0 Å². The smallest absolute Gasteiger partial charge is 0.244 e. The summed E-state index contributed by atoms with van der Waals surface area (Å²) in [7, 11) is 0. The molecule has 0 aliphatic heterocycles. The summed E-state index contributed by atoms with van der Waals surface area (Å²) in [4.78, 5) is 18.2. The first-order valence-corrected chi connectivity index (χ1v) is 8.05. The zero-order valence-corrected chi connectivity index (χ0v) is 13.0. The maximum absolute atomic E-state index is 12.4. The molecule has 0 N–H and O–H groups in total. The third kappa shape index (κ3) is 3.38. The Morgan fingerprint density at radius 2 is 2.00 bits per heavy atom. The molecule has 7 heteroatoms. The quantitative estimate of drug-likeness (QED) is 0.759. The molecule has 0 atom stereocenters. The molecule has 0 aliphatic carbocycles. The second-order valence-corrected chi connectivity index (χ2v) is 5.47. The zero-order chi connectivity index (χ0) is 15.9. The van der Waals surface area contributed by atoms with Crippen LogP contribution in [0.25, 0.3) is 11.0 Å². The van der Waals surface area contributed by atoms with Crippen LogP contribution in [-0.2, 0) is 17.1 Å². The number of para-hydroxylation sites is 2. The van der Waals surface area contributed by atoms with Crippen LogP contribution in [0.4, 0.5) is 0 Å². The van der Waals surface area contributed by atoms with Gasteiger partial charge in [0.2, 0.25) is 5.91 Å². The van der Waals surface area contributed by atoms with E-state index in [2.05, 4.69) is 4.98 Å². The number of aromatic nitrogens is 2. The van der Waals surface area contributed by atoms with Crippen LogP contribution in [0.1, 0.15) is 5.82 Å². The fourth-order valence-electron chi connectivity index (χ4n) is 2.18. The second kappa shape index (κ2) is 7.48. The first-order valence-electron chi connectivity index (χ1n) is 6.66. The number of nitriles is 2. The molecule has 0 aliphatic rings. The van der Waals surface area contributed by atoms with E-state index in [1.54, 1.807) is 11.8 Å². The van der Waals surface area contributed by atoms with Gasteiger partial charge in [0.25, 0.3) is 0 Å². The lowest BCUT2D eigenvalue weighted by atomic mass is 10.3. The van der Waals surface area contributed by atoms with Crippen molar-refractivity contribution in [3.63, 3.8) is 0 Å². The summed E-state index contributed by atoms with van der Waals surface area (Å²) in [5, 5.41) is 17.5. The molecule has 1 aromatic carbocycles. The number of fused-ring (bicyclic) bond motifs is 1. The van der Waals surface area contributed by atoms with E-state index in [0.717, 1.165) is 16.9 Å². The molecule has 2 aromatic rings. The molecule has 0 saturated heterocycles. The summed E-state index contributed by atoms with van der Waals surface area (Å²) < 4.78 is 1.86. The Labute approximate surface area is 133 Å². The molecule has 1 amide bonds. The Kier molecular flexibility index (Phi) is 5.40. The number of carbonyl (C=O) groups excluding carboxylic acids is 1. The molecular weight excluding hydrogens is 298 g/mol. The summed E-state index contributed by atoms with van der Waals surface area (Å²) in [5.41, 5.74) is 1.72. The van der Waals surface area contributed by atoms with Gasteiger partial charge in [-0.05, 0) is 18.4 Å². The third-order valence-electron chi connectivity index (χ3n) is 3.18. The van der Waals surface area contributed by atoms with Crippen molar-refractivity contribution in [3.05, 3.63) is 30.1 Å². The highest BCUT2D eigenvalue weighted by atomic mass is 32.2. The van der Waals surface area contributed by atoms with Crippen LogP contribution >= 0.6 is 11.8 Å². The molecular formula is C15H15N5OS. The van der Waals surface area contributed by atoms with Crippen LogP contribution < -0.4 is 0 Å². The largest absolute Gasteiger partial charge is 0.318 e. The SMILES string of the molecule is CSCc1nc2ccccc2n1CC(=O)N(CC#N)CC#N. The highest BCUT2D eigenvalue weighted by Crippen LogP contribution is 2.19. The minimum absolute atomic E-state index is 0.0831. The topological polar surface area (TPSA) is 85.7 Å². The molecule has 0 bridgehead atoms. The Balaban J connectivity index is 2.33. The first-order chi connectivity index (χ1) is 10.7. The number of nitrogens with zero attached hydrogens (tertiary/aromatic N) is 5. The maximum Gasteiger partial charge on any atom is 0.244 e. The molecule has 0 unspecified atom stereocenters. The predicted octanol–water partition coefficient (Wildman–Crippen LogP) is 1.78. The number of hydrogen-bond donors (Lipinski definition) is 0. The van der Waals surface area contributed by atoms with Crippen LogP contribution in [0.3, 0.4) is 0 Å². The van der Waals surface area contributed by atoms with Crippen molar-refractivity contribution in [1.82, 2.24) is 14.5 Å². The van der Waals surface area contributed by atoms with Crippen molar-refractivity contribution in [1.29, 1.82) is 10.5 Å². The van der Waals surface area contributed by atoms with Gasteiger partial charge in [0.15, 0.2) is 0 Å². The Hall–Kier alpha value is -2.51. The fourth-order valence-corrected chi connectivity index (χ4v) is 2.66. The molecule has 0 spiro atoms. The lowest BCUT2D eigenvalue weighted by Crippen LogP contribution is -2.34. The number of carbonyl (C=O) groups is 1. The van der Waals surface area contributed by atoms with Crippen molar-refractivity contribution in [2.75, 3.05) is 19.3 Å². The summed E-state index contributed by atoms with van der Waals surface area (Å²) in [6, 6.07) is 11.5. The second-order valence-electron chi connectivity index (χ2n) is 4.60.